The van der Waals surface area contributed by atoms with Gasteiger partial charge in [0.15, 0.2) is 5.03 Å². The lowest BCUT2D eigenvalue weighted by Crippen LogP contribution is -2.29. The number of benzene rings is 2. The summed E-state index contributed by atoms with van der Waals surface area (Å²) < 4.78 is 0. The van der Waals surface area contributed by atoms with Crippen LogP contribution in [-0.4, -0.2) is 21.7 Å². The number of anilines is 1. The number of carbonyl (C=O) groups excluding carboxylic acids is 2. The Morgan fingerprint density at radius 1 is 0.889 bits per heavy atom. The van der Waals surface area contributed by atoms with Gasteiger partial charge in [-0.05, 0) is 42.5 Å². The highest BCUT2D eigenvalue weighted by molar-refractivity contribution is 7.99. The van der Waals surface area contributed by atoms with Gasteiger partial charge in [0.05, 0.1) is 21.7 Å². The summed E-state index contributed by atoms with van der Waals surface area (Å²) in [5.74, 6) is -0.729. The van der Waals surface area contributed by atoms with E-state index in [1.807, 2.05) is 0 Å². The van der Waals surface area contributed by atoms with Gasteiger partial charge in [-0.2, -0.15) is 0 Å². The average Bonchev–Trinajstić information content (AvgIpc) is 2.94. The molecule has 0 bridgehead atoms. The second-order valence-electron chi connectivity index (χ2n) is 5.67. The maximum atomic E-state index is 12.5. The molecule has 0 aliphatic carbocycles. The molecule has 4 rings (SSSR count). The first-order valence-electron chi connectivity index (χ1n) is 7.91. The number of carbonyl (C=O) groups is 2. The van der Waals surface area contributed by atoms with E-state index in [-0.39, 0.29) is 22.5 Å². The molecule has 0 unspecified atom stereocenters. The average molecular weight is 377 g/mol. The fourth-order valence-electron chi connectivity index (χ4n) is 2.80. The van der Waals surface area contributed by atoms with Crippen LogP contribution in [0.1, 0.15) is 20.7 Å². The largest absolute Gasteiger partial charge is 0.301 e. The van der Waals surface area contributed by atoms with E-state index in [0.717, 1.165) is 16.7 Å². The highest BCUT2D eigenvalue weighted by Gasteiger charge is 2.36. The molecular formula is C19H11N3O4S. The van der Waals surface area contributed by atoms with Gasteiger partial charge in [-0.15, -0.1) is 0 Å². The molecule has 1 aliphatic rings. The molecule has 0 atom stereocenters. The summed E-state index contributed by atoms with van der Waals surface area (Å²) in [4.78, 5) is 41.5. The fraction of sp³-hybridized carbons (Fsp3) is 0. The number of aromatic nitrogens is 1. The van der Waals surface area contributed by atoms with Crippen LogP contribution in [0.25, 0.3) is 0 Å². The second kappa shape index (κ2) is 6.65. The van der Waals surface area contributed by atoms with E-state index >= 15 is 0 Å². The predicted octanol–water partition coefficient (Wildman–Crippen LogP) is 3.94. The molecule has 8 heteroatoms. The summed E-state index contributed by atoms with van der Waals surface area (Å²) >= 11 is 1.14. The molecule has 3 aromatic rings. The number of nitro groups is 1. The van der Waals surface area contributed by atoms with Crippen molar-refractivity contribution in [1.29, 1.82) is 0 Å². The van der Waals surface area contributed by atoms with Crippen molar-refractivity contribution >= 4 is 35.0 Å². The molecule has 0 saturated carbocycles. The first kappa shape index (κ1) is 16.9. The van der Waals surface area contributed by atoms with Gasteiger partial charge in [0.2, 0.25) is 0 Å². The van der Waals surface area contributed by atoms with E-state index < -0.39 is 4.92 Å². The van der Waals surface area contributed by atoms with Crippen LogP contribution in [0.4, 0.5) is 11.4 Å². The van der Waals surface area contributed by atoms with Gasteiger partial charge in [-0.25, -0.2) is 9.88 Å². The van der Waals surface area contributed by atoms with E-state index in [4.69, 9.17) is 0 Å². The Balaban J connectivity index is 1.60. The number of fused-ring (bicyclic) bond motifs is 1. The van der Waals surface area contributed by atoms with Crippen molar-refractivity contribution in [2.75, 3.05) is 4.90 Å². The van der Waals surface area contributed by atoms with E-state index in [1.54, 1.807) is 48.5 Å². The Kier molecular flexibility index (Phi) is 4.17. The highest BCUT2D eigenvalue weighted by Crippen LogP contribution is 2.34. The van der Waals surface area contributed by atoms with Gasteiger partial charge in [-0.3, -0.25) is 19.7 Å². The number of hydrogen-bond donors (Lipinski definition) is 0. The van der Waals surface area contributed by atoms with Gasteiger partial charge < -0.3 is 0 Å². The standard InChI is InChI=1S/C19H11N3O4S/c23-18-14-4-1-2-5-15(14)19(24)21(18)12-7-9-13(10-8-12)27-17-16(22(25)26)6-3-11-20-17/h1-11H. The van der Waals surface area contributed by atoms with E-state index in [9.17, 15) is 19.7 Å². The lowest BCUT2D eigenvalue weighted by atomic mass is 10.1. The molecule has 2 aromatic carbocycles. The summed E-state index contributed by atoms with van der Waals surface area (Å²) in [6.45, 7) is 0. The molecule has 0 fully saturated rings. The SMILES string of the molecule is O=C1c2ccccc2C(=O)N1c1ccc(Sc2ncccc2[N+](=O)[O-])cc1. The highest BCUT2D eigenvalue weighted by atomic mass is 32.2. The molecule has 0 spiro atoms. The maximum Gasteiger partial charge on any atom is 0.301 e. The summed E-state index contributed by atoms with van der Waals surface area (Å²) in [5.41, 5.74) is 1.13. The molecule has 132 valence electrons. The third-order valence-electron chi connectivity index (χ3n) is 4.05. The normalized spacial score (nSPS) is 13.0. The molecule has 2 heterocycles. The summed E-state index contributed by atoms with van der Waals surface area (Å²) in [7, 11) is 0. The number of rotatable bonds is 4. The molecule has 0 radical (unpaired) electrons. The predicted molar refractivity (Wildman–Crippen MR) is 99.0 cm³/mol. The van der Waals surface area contributed by atoms with Gasteiger partial charge in [-0.1, -0.05) is 23.9 Å². The van der Waals surface area contributed by atoms with Crippen LogP contribution in [-0.2, 0) is 0 Å². The van der Waals surface area contributed by atoms with Gasteiger partial charge in [0, 0.05) is 17.2 Å². The number of nitrogens with zero attached hydrogens (tertiary/aromatic N) is 3. The van der Waals surface area contributed by atoms with Crippen molar-refractivity contribution in [3.63, 3.8) is 0 Å². The minimum Gasteiger partial charge on any atom is -0.268 e. The van der Waals surface area contributed by atoms with Crippen molar-refractivity contribution in [2.45, 2.75) is 9.92 Å². The van der Waals surface area contributed by atoms with Crippen LogP contribution in [0.5, 0.6) is 0 Å². The third kappa shape index (κ3) is 2.96. The van der Waals surface area contributed by atoms with E-state index in [2.05, 4.69) is 4.98 Å². The van der Waals surface area contributed by atoms with Crippen LogP contribution < -0.4 is 4.90 Å². The van der Waals surface area contributed by atoms with Crippen LogP contribution in [0.3, 0.4) is 0 Å². The number of imide groups is 1. The maximum absolute atomic E-state index is 12.5. The summed E-state index contributed by atoms with van der Waals surface area (Å²) in [5, 5.41) is 11.4. The minimum absolute atomic E-state index is 0.0769. The Labute approximate surface area is 157 Å². The molecule has 1 aromatic heterocycles. The number of hydrogen-bond acceptors (Lipinski definition) is 6. The summed E-state index contributed by atoms with van der Waals surface area (Å²) in [6.07, 6.45) is 1.49. The fourth-order valence-corrected chi connectivity index (χ4v) is 3.65. The van der Waals surface area contributed by atoms with Crippen molar-refractivity contribution < 1.29 is 14.5 Å². The molecule has 0 saturated heterocycles. The zero-order valence-electron chi connectivity index (χ0n) is 13.7. The smallest absolute Gasteiger partial charge is 0.268 e. The van der Waals surface area contributed by atoms with E-state index in [1.165, 1.54) is 18.3 Å². The first-order valence-corrected chi connectivity index (χ1v) is 8.73. The number of pyridine rings is 1. The van der Waals surface area contributed by atoms with Gasteiger partial charge >= 0.3 is 5.69 Å². The van der Waals surface area contributed by atoms with Crippen molar-refractivity contribution in [3.8, 4) is 0 Å². The molecule has 27 heavy (non-hydrogen) atoms. The zero-order valence-corrected chi connectivity index (χ0v) is 14.6. The second-order valence-corrected chi connectivity index (χ2v) is 6.73. The van der Waals surface area contributed by atoms with Crippen LogP contribution in [0, 0.1) is 10.1 Å². The molecular weight excluding hydrogens is 366 g/mol. The topological polar surface area (TPSA) is 93.4 Å². The molecule has 2 amide bonds. The lowest BCUT2D eigenvalue weighted by Gasteiger charge is -2.14. The van der Waals surface area contributed by atoms with Gasteiger partial charge in [0.25, 0.3) is 11.8 Å². The Bertz CT molecular complexity index is 1050. The summed E-state index contributed by atoms with van der Waals surface area (Å²) in [6, 6.07) is 16.2. The van der Waals surface area contributed by atoms with Crippen LogP contribution in [0.2, 0.25) is 0 Å². The quantitative estimate of drug-likeness (QED) is 0.388. The van der Waals surface area contributed by atoms with Gasteiger partial charge in [0.1, 0.15) is 0 Å². The lowest BCUT2D eigenvalue weighted by molar-refractivity contribution is -0.388. The monoisotopic (exact) mass is 377 g/mol. The Morgan fingerprint density at radius 2 is 1.52 bits per heavy atom. The Morgan fingerprint density at radius 3 is 2.11 bits per heavy atom. The van der Waals surface area contributed by atoms with Crippen LogP contribution >= 0.6 is 11.8 Å². The Hall–Kier alpha value is -3.52. The number of amides is 2. The third-order valence-corrected chi connectivity index (χ3v) is 5.07. The zero-order chi connectivity index (χ0) is 19.0. The minimum atomic E-state index is -0.484. The first-order chi connectivity index (χ1) is 13.1. The molecule has 1 aliphatic heterocycles. The molecule has 0 N–H and O–H groups in total. The van der Waals surface area contributed by atoms with Crippen molar-refractivity contribution in [2.24, 2.45) is 0 Å². The van der Waals surface area contributed by atoms with Crippen molar-refractivity contribution in [3.05, 3.63) is 88.1 Å². The van der Waals surface area contributed by atoms with Crippen molar-refractivity contribution in [1.82, 2.24) is 4.98 Å². The van der Waals surface area contributed by atoms with E-state index in [0.29, 0.717) is 21.7 Å². The molecule has 7 nitrogen and oxygen atoms in total. The van der Waals surface area contributed by atoms with Crippen LogP contribution in [0.15, 0.2) is 76.8 Å².